The number of likely N-dealkylation sites (N-methyl/N-ethyl adjacent to an activating group) is 1. The molecule has 1 fully saturated rings. The average Bonchev–Trinajstić information content (AvgIpc) is 2.69. The minimum absolute atomic E-state index is 0.0111. The van der Waals surface area contributed by atoms with Crippen LogP contribution in [-0.2, 0) is 10.0 Å². The molecule has 1 heterocycles. The van der Waals surface area contributed by atoms with Crippen LogP contribution in [0, 0.1) is 15.9 Å². The predicted molar refractivity (Wildman–Crippen MR) is 108 cm³/mol. The summed E-state index contributed by atoms with van der Waals surface area (Å²) in [4.78, 5) is 24.6. The lowest BCUT2D eigenvalue weighted by Gasteiger charge is -2.31. The lowest BCUT2D eigenvalue weighted by atomic mass is 10.1. The summed E-state index contributed by atoms with van der Waals surface area (Å²) >= 11 is 0. The first kappa shape index (κ1) is 21.6. The fraction of sp³-hybridized carbons (Fsp3) is 0.278. The summed E-state index contributed by atoms with van der Waals surface area (Å²) in [6.07, 6.45) is 0. The second-order valence-electron chi connectivity index (χ2n) is 6.83. The van der Waals surface area contributed by atoms with Crippen LogP contribution < -0.4 is 11.1 Å². The molecule has 1 saturated heterocycles. The van der Waals surface area contributed by atoms with Crippen molar-refractivity contribution in [1.82, 2.24) is 9.21 Å². The number of rotatable bonds is 5. The Kier molecular flexibility index (Phi) is 6.01. The fourth-order valence-electron chi connectivity index (χ4n) is 3.05. The van der Waals surface area contributed by atoms with Gasteiger partial charge in [0.1, 0.15) is 11.5 Å². The van der Waals surface area contributed by atoms with Gasteiger partial charge in [-0.1, -0.05) is 6.07 Å². The number of piperazine rings is 1. The molecular formula is C18H20FN5O5S. The number of hydrogen-bond donors (Lipinski definition) is 2. The molecule has 0 aromatic heterocycles. The monoisotopic (exact) mass is 437 g/mol. The van der Waals surface area contributed by atoms with Crippen LogP contribution in [0.5, 0.6) is 0 Å². The molecule has 2 aromatic carbocycles. The highest BCUT2D eigenvalue weighted by Gasteiger charge is 2.28. The van der Waals surface area contributed by atoms with Crippen LogP contribution in [0.1, 0.15) is 10.4 Å². The van der Waals surface area contributed by atoms with Gasteiger partial charge in [-0.05, 0) is 31.3 Å². The number of nitrogen functional groups attached to an aromatic ring is 1. The van der Waals surface area contributed by atoms with Gasteiger partial charge in [-0.2, -0.15) is 4.31 Å². The number of anilines is 2. The molecular weight excluding hydrogens is 417 g/mol. The van der Waals surface area contributed by atoms with Gasteiger partial charge in [0.05, 0.1) is 21.4 Å². The van der Waals surface area contributed by atoms with Crippen molar-refractivity contribution in [3.63, 3.8) is 0 Å². The molecule has 0 aliphatic carbocycles. The van der Waals surface area contributed by atoms with E-state index in [1.165, 1.54) is 28.6 Å². The molecule has 30 heavy (non-hydrogen) atoms. The van der Waals surface area contributed by atoms with Gasteiger partial charge in [0.15, 0.2) is 0 Å². The number of nitro benzene ring substituents is 1. The van der Waals surface area contributed by atoms with Gasteiger partial charge in [-0.3, -0.25) is 14.9 Å². The van der Waals surface area contributed by atoms with E-state index in [0.717, 1.165) is 6.07 Å². The van der Waals surface area contributed by atoms with Gasteiger partial charge in [0, 0.05) is 31.9 Å². The van der Waals surface area contributed by atoms with Crippen LogP contribution in [0.15, 0.2) is 41.3 Å². The number of sulfonamides is 1. The van der Waals surface area contributed by atoms with Crippen LogP contribution in [0.4, 0.5) is 21.5 Å². The second kappa shape index (κ2) is 8.34. The van der Waals surface area contributed by atoms with Gasteiger partial charge in [-0.15, -0.1) is 0 Å². The van der Waals surface area contributed by atoms with Gasteiger partial charge >= 0.3 is 0 Å². The van der Waals surface area contributed by atoms with E-state index in [-0.39, 0.29) is 10.6 Å². The first-order chi connectivity index (χ1) is 14.1. The first-order valence-electron chi connectivity index (χ1n) is 8.93. The molecule has 3 N–H and O–H groups in total. The number of nitro groups is 1. The van der Waals surface area contributed by atoms with Crippen LogP contribution in [0.25, 0.3) is 0 Å². The number of halogens is 1. The number of carbonyl (C=O) groups is 1. The van der Waals surface area contributed by atoms with Crippen molar-refractivity contribution in [2.75, 3.05) is 44.3 Å². The Morgan fingerprint density at radius 3 is 2.50 bits per heavy atom. The summed E-state index contributed by atoms with van der Waals surface area (Å²) in [5.41, 5.74) is 4.13. The molecule has 0 radical (unpaired) electrons. The zero-order chi connectivity index (χ0) is 22.1. The van der Waals surface area contributed by atoms with E-state index in [4.69, 9.17) is 5.73 Å². The Morgan fingerprint density at radius 2 is 1.87 bits per heavy atom. The van der Waals surface area contributed by atoms with E-state index < -0.39 is 43.6 Å². The van der Waals surface area contributed by atoms with Crippen molar-refractivity contribution >= 4 is 33.0 Å². The highest BCUT2D eigenvalue weighted by molar-refractivity contribution is 7.89. The number of nitrogens with zero attached hydrogens (tertiary/aromatic N) is 3. The minimum Gasteiger partial charge on any atom is -0.393 e. The molecule has 3 rings (SSSR count). The van der Waals surface area contributed by atoms with Crippen molar-refractivity contribution in [3.05, 3.63) is 57.9 Å². The largest absolute Gasteiger partial charge is 0.393 e. The molecule has 0 spiro atoms. The number of hydrogen-bond acceptors (Lipinski definition) is 7. The molecule has 0 bridgehead atoms. The Labute approximate surface area is 172 Å². The maximum atomic E-state index is 13.7. The van der Waals surface area contributed by atoms with E-state index in [1.54, 1.807) is 0 Å². The third-order valence-electron chi connectivity index (χ3n) is 4.76. The zero-order valence-corrected chi connectivity index (χ0v) is 16.9. The number of carbonyl (C=O) groups excluding carboxylic acids is 1. The Bertz CT molecular complexity index is 1100. The van der Waals surface area contributed by atoms with Gasteiger partial charge in [-0.25, -0.2) is 12.8 Å². The third kappa shape index (κ3) is 4.40. The summed E-state index contributed by atoms with van der Waals surface area (Å²) in [7, 11) is -1.85. The molecule has 0 atom stereocenters. The van der Waals surface area contributed by atoms with Crippen LogP contribution in [-0.4, -0.2) is 61.7 Å². The lowest BCUT2D eigenvalue weighted by molar-refractivity contribution is -0.384. The van der Waals surface area contributed by atoms with Crippen LogP contribution in [0.3, 0.4) is 0 Å². The summed E-state index contributed by atoms with van der Waals surface area (Å²) in [5, 5.41) is 13.4. The Balaban J connectivity index is 1.86. The quantitative estimate of drug-likeness (QED) is 0.411. The fourth-order valence-corrected chi connectivity index (χ4v) is 4.52. The van der Waals surface area contributed by atoms with Crippen LogP contribution in [0.2, 0.25) is 0 Å². The summed E-state index contributed by atoms with van der Waals surface area (Å²) in [6, 6.07) is 6.98. The van der Waals surface area contributed by atoms with Gasteiger partial charge in [0.25, 0.3) is 11.6 Å². The Hall–Kier alpha value is -3.09. The molecule has 0 unspecified atom stereocenters. The first-order valence-corrected chi connectivity index (χ1v) is 10.4. The highest BCUT2D eigenvalue weighted by atomic mass is 32.2. The van der Waals surface area contributed by atoms with Crippen molar-refractivity contribution < 1.29 is 22.5 Å². The topological polar surface area (TPSA) is 139 Å². The number of benzene rings is 2. The SMILES string of the molecule is CN1CCN(S(=O)(=O)c2cccc(NC(=O)c3cc(F)cc([N+](=O)[O-])c3N)c2)CC1. The number of nitrogens with one attached hydrogen (secondary N) is 1. The van der Waals surface area contributed by atoms with E-state index in [0.29, 0.717) is 32.2 Å². The van der Waals surface area contributed by atoms with E-state index in [1.807, 2.05) is 11.9 Å². The van der Waals surface area contributed by atoms with Gasteiger partial charge < -0.3 is 16.0 Å². The van der Waals surface area contributed by atoms with Crippen molar-refractivity contribution in [2.45, 2.75) is 4.90 Å². The van der Waals surface area contributed by atoms with E-state index in [9.17, 15) is 27.7 Å². The molecule has 1 aliphatic heterocycles. The number of amides is 1. The molecule has 2 aromatic rings. The molecule has 12 heteroatoms. The van der Waals surface area contributed by atoms with E-state index in [2.05, 4.69) is 5.32 Å². The smallest absolute Gasteiger partial charge is 0.295 e. The van der Waals surface area contributed by atoms with Gasteiger partial charge in [0.2, 0.25) is 10.0 Å². The summed E-state index contributed by atoms with van der Waals surface area (Å²) < 4.78 is 40.8. The molecule has 0 saturated carbocycles. The molecule has 1 aliphatic rings. The lowest BCUT2D eigenvalue weighted by Crippen LogP contribution is -2.47. The zero-order valence-electron chi connectivity index (χ0n) is 16.0. The maximum absolute atomic E-state index is 13.7. The van der Waals surface area contributed by atoms with Crippen LogP contribution >= 0.6 is 0 Å². The predicted octanol–water partition coefficient (Wildman–Crippen LogP) is 1.50. The normalized spacial score (nSPS) is 15.7. The summed E-state index contributed by atoms with van der Waals surface area (Å²) in [5.74, 6) is -1.89. The molecule has 160 valence electrons. The second-order valence-corrected chi connectivity index (χ2v) is 8.77. The Morgan fingerprint density at radius 1 is 1.20 bits per heavy atom. The number of nitrogens with two attached hydrogens (primary N) is 1. The third-order valence-corrected chi connectivity index (χ3v) is 6.65. The van der Waals surface area contributed by atoms with Crippen molar-refractivity contribution in [3.8, 4) is 0 Å². The van der Waals surface area contributed by atoms with E-state index >= 15 is 0 Å². The molecule has 10 nitrogen and oxygen atoms in total. The minimum atomic E-state index is -3.76. The maximum Gasteiger partial charge on any atom is 0.295 e. The highest BCUT2D eigenvalue weighted by Crippen LogP contribution is 2.28. The summed E-state index contributed by atoms with van der Waals surface area (Å²) in [6.45, 7) is 1.90. The average molecular weight is 437 g/mol. The molecule has 1 amide bonds. The van der Waals surface area contributed by atoms with Crippen molar-refractivity contribution in [2.24, 2.45) is 0 Å². The van der Waals surface area contributed by atoms with Crippen molar-refractivity contribution in [1.29, 1.82) is 0 Å². The standard InChI is InChI=1S/C18H20FN5O5S/c1-22-5-7-23(8-6-22)30(28,29)14-4-2-3-13(11-14)21-18(25)15-9-12(19)10-16(17(15)20)24(26)27/h2-4,9-11H,5-8,20H2,1H3,(H,21,25).